The van der Waals surface area contributed by atoms with Gasteiger partial charge < -0.3 is 34.7 Å². The first-order valence-electron chi connectivity index (χ1n) is 11.9. The first kappa shape index (κ1) is 31.8. The van der Waals surface area contributed by atoms with Gasteiger partial charge in [0.05, 0.1) is 32.8 Å². The average molecular weight is 533 g/mol. The number of hydrogen-bond acceptors (Lipinski definition) is 11. The zero-order valence-electron chi connectivity index (χ0n) is 21.5. The lowest BCUT2D eigenvalue weighted by molar-refractivity contribution is -0.325. The van der Waals surface area contributed by atoms with Crippen molar-refractivity contribution in [3.63, 3.8) is 0 Å². The Bertz CT molecular complexity index is 833. The van der Waals surface area contributed by atoms with Gasteiger partial charge in [-0.05, 0) is 19.8 Å². The van der Waals surface area contributed by atoms with Crippen LogP contribution in [0.4, 0.5) is 0 Å². The summed E-state index contributed by atoms with van der Waals surface area (Å²) in [6.07, 6.45) is -0.979. The van der Waals surface area contributed by atoms with E-state index in [0.29, 0.717) is 19.3 Å². The molecule has 1 fully saturated rings. The van der Waals surface area contributed by atoms with Crippen LogP contribution in [0.1, 0.15) is 65.7 Å². The van der Waals surface area contributed by atoms with Crippen molar-refractivity contribution < 1.29 is 57.6 Å². The highest BCUT2D eigenvalue weighted by Gasteiger charge is 2.55. The fourth-order valence-electron chi connectivity index (χ4n) is 3.68. The third kappa shape index (κ3) is 11.1. The Morgan fingerprint density at radius 3 is 2.27 bits per heavy atom. The van der Waals surface area contributed by atoms with Crippen LogP contribution in [0.2, 0.25) is 0 Å². The quantitative estimate of drug-likeness (QED) is 0.147. The number of rotatable bonds is 15. The molecular weight excluding hydrogens is 496 g/mol. The zero-order valence-corrected chi connectivity index (χ0v) is 21.5. The molecule has 1 aliphatic heterocycles. The summed E-state index contributed by atoms with van der Waals surface area (Å²) in [5.74, 6) is -6.60. The second-order valence-electron chi connectivity index (χ2n) is 8.30. The fourth-order valence-corrected chi connectivity index (χ4v) is 3.68. The van der Waals surface area contributed by atoms with E-state index in [0.717, 1.165) is 14.0 Å². The number of hydrogen-bond donors (Lipinski definition) is 3. The molecule has 1 heterocycles. The summed E-state index contributed by atoms with van der Waals surface area (Å²) in [5.41, 5.74) is 0. The van der Waals surface area contributed by atoms with Crippen molar-refractivity contribution in [3.05, 3.63) is 0 Å². The Balaban J connectivity index is 3.10. The Hall–Kier alpha value is -3.26. The predicted octanol–water partition coefficient (Wildman–Crippen LogP) is 0.160. The molecule has 14 heteroatoms. The minimum absolute atomic E-state index is 0.0186. The van der Waals surface area contributed by atoms with Crippen LogP contribution in [0, 0.1) is 0 Å². The Labute approximate surface area is 214 Å². The number of ether oxygens (including phenoxy) is 5. The van der Waals surface area contributed by atoms with Gasteiger partial charge in [-0.15, -0.1) is 0 Å². The van der Waals surface area contributed by atoms with Gasteiger partial charge in [-0.1, -0.05) is 6.42 Å². The molecule has 0 unspecified atom stereocenters. The molecule has 0 aliphatic carbocycles. The van der Waals surface area contributed by atoms with Gasteiger partial charge in [0.25, 0.3) is 5.79 Å². The largest absolute Gasteiger partial charge is 0.481 e. The number of nitrogens with one attached hydrogen (secondary N) is 2. The minimum Gasteiger partial charge on any atom is -0.481 e. The number of aliphatic carboxylic acids is 1. The number of carboxylic acids is 1. The first-order chi connectivity index (χ1) is 17.4. The summed E-state index contributed by atoms with van der Waals surface area (Å²) in [5, 5.41) is 14.0. The molecule has 0 aromatic carbocycles. The highest BCUT2D eigenvalue weighted by Crippen LogP contribution is 2.33. The summed E-state index contributed by atoms with van der Waals surface area (Å²) >= 11 is 0. The van der Waals surface area contributed by atoms with E-state index in [1.807, 2.05) is 0 Å². The molecule has 14 nitrogen and oxygen atoms in total. The van der Waals surface area contributed by atoms with Crippen molar-refractivity contribution in [3.8, 4) is 0 Å². The van der Waals surface area contributed by atoms with E-state index in [-0.39, 0.29) is 38.4 Å². The molecule has 0 aromatic heterocycles. The molecule has 0 aromatic rings. The molecule has 37 heavy (non-hydrogen) atoms. The van der Waals surface area contributed by atoms with Crippen LogP contribution in [-0.4, -0.2) is 85.3 Å². The fraction of sp³-hybridized carbons (Fsp3) is 0.739. The average Bonchev–Trinajstić information content (AvgIpc) is 2.81. The monoisotopic (exact) mass is 532 g/mol. The van der Waals surface area contributed by atoms with Crippen molar-refractivity contribution in [1.29, 1.82) is 0 Å². The maximum atomic E-state index is 12.8. The molecule has 2 amide bonds. The first-order valence-corrected chi connectivity index (χ1v) is 11.9. The molecule has 1 rings (SSSR count). The maximum absolute atomic E-state index is 12.8. The van der Waals surface area contributed by atoms with Crippen LogP contribution >= 0.6 is 0 Å². The SMILES string of the molecule is CCOC(=O)CCCCCO[C@]1(C(=O)OC)C[C@H](NC(=O)CCC(=O)O)[C@@H](NC(C)=O)[C@H](OC(C)=O)O1. The lowest BCUT2D eigenvalue weighted by Crippen LogP contribution is -2.68. The van der Waals surface area contributed by atoms with E-state index in [1.165, 1.54) is 6.92 Å². The molecule has 4 atom stereocenters. The number of carboxylic acid groups (broad SMARTS) is 1. The van der Waals surface area contributed by atoms with E-state index in [4.69, 9.17) is 28.8 Å². The maximum Gasteiger partial charge on any atom is 0.366 e. The second kappa shape index (κ2) is 15.8. The molecule has 0 radical (unpaired) electrons. The number of esters is 3. The van der Waals surface area contributed by atoms with Gasteiger partial charge in [0.15, 0.2) is 0 Å². The van der Waals surface area contributed by atoms with Gasteiger partial charge in [-0.3, -0.25) is 28.7 Å². The second-order valence-corrected chi connectivity index (χ2v) is 8.30. The number of amides is 2. The molecular formula is C23H36N2O12. The van der Waals surface area contributed by atoms with Crippen LogP contribution in [0.15, 0.2) is 0 Å². The number of carbonyl (C=O) groups excluding carboxylic acids is 5. The topological polar surface area (TPSA) is 193 Å². The van der Waals surface area contributed by atoms with E-state index in [2.05, 4.69) is 10.6 Å². The van der Waals surface area contributed by atoms with Crippen LogP contribution in [0.3, 0.4) is 0 Å². The number of unbranched alkanes of at least 4 members (excludes halogenated alkanes) is 2. The Morgan fingerprint density at radius 2 is 1.70 bits per heavy atom. The predicted molar refractivity (Wildman–Crippen MR) is 123 cm³/mol. The van der Waals surface area contributed by atoms with E-state index in [9.17, 15) is 28.8 Å². The lowest BCUT2D eigenvalue weighted by atomic mass is 9.93. The zero-order chi connectivity index (χ0) is 28.0. The Kier molecular flexibility index (Phi) is 13.5. The molecule has 3 N–H and O–H groups in total. The van der Waals surface area contributed by atoms with Gasteiger partial charge in [0, 0.05) is 33.1 Å². The molecule has 1 saturated heterocycles. The standard InChI is InChI=1S/C23H36N2O12/c1-5-34-19(31)9-7-6-8-12-35-23(22(32)33-4)13-16(25-17(28)10-11-18(29)30)20(24-14(2)26)21(37-23)36-15(3)27/h16,20-21H,5-13H2,1-4H3,(H,24,26)(H,25,28)(H,29,30)/t16-,20+,21+,23+/m0/s1. The van der Waals surface area contributed by atoms with Gasteiger partial charge in [0.2, 0.25) is 18.1 Å². The Morgan fingerprint density at radius 1 is 1.00 bits per heavy atom. The molecule has 210 valence electrons. The summed E-state index contributed by atoms with van der Waals surface area (Å²) in [4.78, 5) is 71.2. The summed E-state index contributed by atoms with van der Waals surface area (Å²) in [6.45, 7) is 4.27. The lowest BCUT2D eigenvalue weighted by Gasteiger charge is -2.45. The van der Waals surface area contributed by atoms with E-state index < -0.39 is 60.3 Å². The number of methoxy groups -OCH3 is 1. The van der Waals surface area contributed by atoms with Crippen molar-refractivity contribution in [1.82, 2.24) is 10.6 Å². The molecule has 1 aliphatic rings. The molecule has 0 spiro atoms. The van der Waals surface area contributed by atoms with Crippen LogP contribution in [0.5, 0.6) is 0 Å². The summed E-state index contributed by atoms with van der Waals surface area (Å²) in [7, 11) is 1.09. The van der Waals surface area contributed by atoms with Gasteiger partial charge >= 0.3 is 23.9 Å². The summed E-state index contributed by atoms with van der Waals surface area (Å²) < 4.78 is 26.5. The van der Waals surface area contributed by atoms with Gasteiger partial charge in [-0.25, -0.2) is 4.79 Å². The van der Waals surface area contributed by atoms with E-state index in [1.54, 1.807) is 6.92 Å². The van der Waals surface area contributed by atoms with Crippen molar-refractivity contribution in [2.75, 3.05) is 20.3 Å². The third-order valence-electron chi connectivity index (χ3n) is 5.25. The van der Waals surface area contributed by atoms with Crippen LogP contribution < -0.4 is 10.6 Å². The van der Waals surface area contributed by atoms with Gasteiger partial charge in [-0.2, -0.15) is 0 Å². The van der Waals surface area contributed by atoms with Gasteiger partial charge in [0.1, 0.15) is 6.04 Å². The normalized spacial score (nSPS) is 22.9. The van der Waals surface area contributed by atoms with Crippen molar-refractivity contribution >= 4 is 35.7 Å². The molecule has 0 bridgehead atoms. The summed E-state index contributed by atoms with van der Waals surface area (Å²) in [6, 6.07) is -2.19. The molecule has 0 saturated carbocycles. The van der Waals surface area contributed by atoms with Crippen molar-refractivity contribution in [2.24, 2.45) is 0 Å². The third-order valence-corrected chi connectivity index (χ3v) is 5.25. The highest BCUT2D eigenvalue weighted by atomic mass is 16.8. The number of carbonyl (C=O) groups is 6. The van der Waals surface area contributed by atoms with Crippen LogP contribution in [-0.2, 0) is 52.5 Å². The van der Waals surface area contributed by atoms with Crippen LogP contribution in [0.25, 0.3) is 0 Å². The van der Waals surface area contributed by atoms with E-state index >= 15 is 0 Å². The minimum atomic E-state index is -2.12. The smallest absolute Gasteiger partial charge is 0.366 e. The highest BCUT2D eigenvalue weighted by molar-refractivity contribution is 5.82. The van der Waals surface area contributed by atoms with Crippen molar-refractivity contribution in [2.45, 2.75) is 89.9 Å².